The molecule has 0 aliphatic carbocycles. The maximum absolute atomic E-state index is 8.83. The second-order valence-electron chi connectivity index (χ2n) is 2.20. The zero-order chi connectivity index (χ0) is 7.98. The van der Waals surface area contributed by atoms with Gasteiger partial charge in [0.15, 0.2) is 0 Å². The fourth-order valence-electron chi connectivity index (χ4n) is 0.507. The second-order valence-corrected chi connectivity index (χ2v) is 2.49. The molecule has 0 saturated carbocycles. The molecule has 0 rings (SSSR count). The zero-order valence-corrected chi connectivity index (χ0v) is 7.49. The average molecular weight is 162 g/mol. The summed E-state index contributed by atoms with van der Waals surface area (Å²) in [5, 5.41) is 11.6. The normalized spacial score (nSPS) is 17.6. The van der Waals surface area contributed by atoms with E-state index in [0.29, 0.717) is 0 Å². The Kier molecular flexibility index (Phi) is 5.84. The SMILES string of the molecule is CC(O)/C=C\C(C)NNP. The molecule has 0 aliphatic rings. The smallest absolute Gasteiger partial charge is 0.0693 e. The van der Waals surface area contributed by atoms with Gasteiger partial charge < -0.3 is 5.11 Å². The molecule has 0 aromatic rings. The Bertz CT molecular complexity index is 106. The first-order valence-electron chi connectivity index (χ1n) is 3.24. The van der Waals surface area contributed by atoms with Crippen molar-refractivity contribution in [2.45, 2.75) is 26.0 Å². The van der Waals surface area contributed by atoms with E-state index in [1.165, 1.54) is 0 Å². The predicted molar refractivity (Wildman–Crippen MR) is 46.3 cm³/mol. The molecule has 3 unspecified atom stereocenters. The lowest BCUT2D eigenvalue weighted by Crippen LogP contribution is -2.30. The van der Waals surface area contributed by atoms with Gasteiger partial charge in [0.05, 0.1) is 6.10 Å². The minimum atomic E-state index is -0.367. The highest BCUT2D eigenvalue weighted by Crippen LogP contribution is 1.87. The van der Waals surface area contributed by atoms with Crippen molar-refractivity contribution < 1.29 is 5.11 Å². The van der Waals surface area contributed by atoms with Gasteiger partial charge in [-0.2, -0.15) is 0 Å². The summed E-state index contributed by atoms with van der Waals surface area (Å²) in [5.41, 5.74) is 2.92. The molecule has 10 heavy (non-hydrogen) atoms. The van der Waals surface area contributed by atoms with Crippen LogP contribution in [0.2, 0.25) is 0 Å². The van der Waals surface area contributed by atoms with E-state index in [1.807, 2.05) is 13.0 Å². The van der Waals surface area contributed by atoms with Crippen LogP contribution in [0, 0.1) is 0 Å². The van der Waals surface area contributed by atoms with Crippen molar-refractivity contribution >= 4 is 9.39 Å². The van der Waals surface area contributed by atoms with E-state index in [-0.39, 0.29) is 12.1 Å². The highest BCUT2D eigenvalue weighted by atomic mass is 31.0. The van der Waals surface area contributed by atoms with E-state index in [1.54, 1.807) is 13.0 Å². The number of hydrazine groups is 1. The van der Waals surface area contributed by atoms with E-state index in [2.05, 4.69) is 20.0 Å². The molecule has 0 radical (unpaired) electrons. The van der Waals surface area contributed by atoms with Gasteiger partial charge in [0.1, 0.15) is 0 Å². The third-order valence-electron chi connectivity index (χ3n) is 0.989. The molecular weight excluding hydrogens is 147 g/mol. The van der Waals surface area contributed by atoms with Gasteiger partial charge in [-0.3, -0.25) is 0 Å². The molecule has 0 saturated heterocycles. The maximum atomic E-state index is 8.83. The van der Waals surface area contributed by atoms with Gasteiger partial charge >= 0.3 is 0 Å². The fraction of sp³-hybridized carbons (Fsp3) is 0.667. The van der Waals surface area contributed by atoms with Gasteiger partial charge in [0.2, 0.25) is 0 Å². The number of aliphatic hydroxyl groups is 1. The molecule has 0 fully saturated rings. The molecule has 0 aromatic carbocycles. The first kappa shape index (κ1) is 10.0. The predicted octanol–water partition coefficient (Wildman–Crippen LogP) is 0.196. The molecule has 0 bridgehead atoms. The summed E-state index contributed by atoms with van der Waals surface area (Å²) in [6, 6.07) is 0.229. The van der Waals surface area contributed by atoms with E-state index in [4.69, 9.17) is 5.11 Å². The summed E-state index contributed by atoms with van der Waals surface area (Å²) < 4.78 is 0. The minimum Gasteiger partial charge on any atom is -0.389 e. The number of hydrogen-bond donors (Lipinski definition) is 3. The van der Waals surface area contributed by atoms with Crippen molar-refractivity contribution in [2.24, 2.45) is 0 Å². The number of rotatable bonds is 4. The van der Waals surface area contributed by atoms with Crippen LogP contribution in [0.1, 0.15) is 13.8 Å². The lowest BCUT2D eigenvalue weighted by atomic mass is 10.3. The van der Waals surface area contributed by atoms with Crippen molar-refractivity contribution in [2.75, 3.05) is 0 Å². The largest absolute Gasteiger partial charge is 0.389 e. The van der Waals surface area contributed by atoms with Gasteiger partial charge in [-0.05, 0) is 13.8 Å². The molecular formula is C6H15N2OP. The Morgan fingerprint density at radius 3 is 2.40 bits per heavy atom. The molecule has 0 amide bonds. The van der Waals surface area contributed by atoms with Crippen LogP contribution in [0.5, 0.6) is 0 Å². The van der Waals surface area contributed by atoms with Crippen LogP contribution in [0.4, 0.5) is 0 Å². The van der Waals surface area contributed by atoms with Gasteiger partial charge in [0.25, 0.3) is 0 Å². The molecule has 0 aliphatic heterocycles. The number of aliphatic hydroxyl groups excluding tert-OH is 1. The van der Waals surface area contributed by atoms with Crippen molar-refractivity contribution in [3.8, 4) is 0 Å². The summed E-state index contributed by atoms with van der Waals surface area (Å²) >= 11 is 0. The molecule has 60 valence electrons. The van der Waals surface area contributed by atoms with Crippen molar-refractivity contribution in [1.82, 2.24) is 10.6 Å². The molecule has 3 atom stereocenters. The molecule has 0 heterocycles. The summed E-state index contributed by atoms with van der Waals surface area (Å²) in [5.74, 6) is 0. The van der Waals surface area contributed by atoms with E-state index >= 15 is 0 Å². The van der Waals surface area contributed by atoms with Crippen LogP contribution in [-0.2, 0) is 0 Å². The van der Waals surface area contributed by atoms with Crippen LogP contribution in [0.3, 0.4) is 0 Å². The third kappa shape index (κ3) is 6.17. The molecule has 3 N–H and O–H groups in total. The Hall–Kier alpha value is 0.0500. The van der Waals surface area contributed by atoms with E-state index in [0.717, 1.165) is 0 Å². The average Bonchev–Trinajstić information content (AvgIpc) is 1.85. The van der Waals surface area contributed by atoms with Crippen LogP contribution < -0.4 is 10.6 Å². The van der Waals surface area contributed by atoms with Crippen molar-refractivity contribution in [3.05, 3.63) is 12.2 Å². The Morgan fingerprint density at radius 2 is 2.00 bits per heavy atom. The first-order chi connectivity index (χ1) is 4.66. The molecule has 4 heteroatoms. The van der Waals surface area contributed by atoms with E-state index < -0.39 is 0 Å². The van der Waals surface area contributed by atoms with Crippen molar-refractivity contribution in [3.63, 3.8) is 0 Å². The lowest BCUT2D eigenvalue weighted by Gasteiger charge is -2.06. The van der Waals surface area contributed by atoms with Gasteiger partial charge in [-0.15, -0.1) is 0 Å². The lowest BCUT2D eigenvalue weighted by molar-refractivity contribution is 0.243. The number of hydrogen-bond acceptors (Lipinski definition) is 3. The Labute approximate surface area is 64.1 Å². The fourth-order valence-corrected chi connectivity index (χ4v) is 0.770. The Balaban J connectivity index is 3.45. The van der Waals surface area contributed by atoms with E-state index in [9.17, 15) is 0 Å². The second kappa shape index (κ2) is 5.81. The summed E-state index contributed by atoms with van der Waals surface area (Å²) in [7, 11) is 2.34. The molecule has 0 spiro atoms. The summed E-state index contributed by atoms with van der Waals surface area (Å²) in [6.45, 7) is 3.70. The maximum Gasteiger partial charge on any atom is 0.0693 e. The highest BCUT2D eigenvalue weighted by Gasteiger charge is 1.92. The van der Waals surface area contributed by atoms with Crippen LogP contribution in [-0.4, -0.2) is 17.3 Å². The van der Waals surface area contributed by atoms with Gasteiger partial charge in [-0.1, -0.05) is 21.5 Å². The minimum absolute atomic E-state index is 0.229. The quantitative estimate of drug-likeness (QED) is 0.314. The zero-order valence-electron chi connectivity index (χ0n) is 6.33. The molecule has 3 nitrogen and oxygen atoms in total. The Morgan fingerprint density at radius 1 is 1.40 bits per heavy atom. The third-order valence-corrected chi connectivity index (χ3v) is 1.16. The molecule has 0 aromatic heterocycles. The standard InChI is InChI=1S/C6H15N2OP/c1-5(7-8-10)3-4-6(2)9/h3-9H,10H2,1-2H3/b4-3-. The van der Waals surface area contributed by atoms with Crippen LogP contribution >= 0.6 is 9.39 Å². The first-order valence-corrected chi connectivity index (χ1v) is 3.82. The van der Waals surface area contributed by atoms with Crippen LogP contribution in [0.25, 0.3) is 0 Å². The van der Waals surface area contributed by atoms with Crippen molar-refractivity contribution in [1.29, 1.82) is 0 Å². The summed E-state index contributed by atoms with van der Waals surface area (Å²) in [4.78, 5) is 0. The monoisotopic (exact) mass is 162 g/mol. The van der Waals surface area contributed by atoms with Gasteiger partial charge in [0, 0.05) is 6.04 Å². The van der Waals surface area contributed by atoms with Crippen LogP contribution in [0.15, 0.2) is 12.2 Å². The highest BCUT2D eigenvalue weighted by molar-refractivity contribution is 7.13. The summed E-state index contributed by atoms with van der Waals surface area (Å²) in [6.07, 6.45) is 3.26. The number of nitrogens with one attached hydrogen (secondary N) is 2. The topological polar surface area (TPSA) is 44.3 Å². The van der Waals surface area contributed by atoms with Gasteiger partial charge in [-0.25, -0.2) is 10.6 Å².